The number of amides is 1. The highest BCUT2D eigenvalue weighted by molar-refractivity contribution is 7.88. The van der Waals surface area contributed by atoms with Crippen LogP contribution in [0.5, 0.6) is 5.75 Å². The molecule has 7 nitrogen and oxygen atoms in total. The van der Waals surface area contributed by atoms with Crippen molar-refractivity contribution in [3.8, 4) is 5.75 Å². The molecule has 1 aliphatic carbocycles. The average molecular weight is 450 g/mol. The first-order valence-corrected chi connectivity index (χ1v) is 13.5. The zero-order valence-corrected chi connectivity index (χ0v) is 19.4. The van der Waals surface area contributed by atoms with Gasteiger partial charge in [0.25, 0.3) is 0 Å². The number of sulfonamides is 1. The van der Waals surface area contributed by atoms with E-state index in [4.69, 9.17) is 4.74 Å². The Morgan fingerprint density at radius 3 is 2.52 bits per heavy atom. The zero-order valence-electron chi connectivity index (χ0n) is 18.6. The van der Waals surface area contributed by atoms with Gasteiger partial charge in [-0.15, -0.1) is 0 Å². The van der Waals surface area contributed by atoms with Crippen molar-refractivity contribution in [2.45, 2.75) is 57.5 Å². The van der Waals surface area contributed by atoms with Crippen molar-refractivity contribution in [2.75, 3.05) is 45.6 Å². The van der Waals surface area contributed by atoms with Crippen molar-refractivity contribution >= 4 is 15.9 Å². The first-order valence-electron chi connectivity index (χ1n) is 11.6. The van der Waals surface area contributed by atoms with Gasteiger partial charge in [-0.1, -0.05) is 31.4 Å². The van der Waals surface area contributed by atoms with Gasteiger partial charge in [-0.25, -0.2) is 8.42 Å². The lowest BCUT2D eigenvalue weighted by Gasteiger charge is -2.40. The number of hydrogen-bond acceptors (Lipinski definition) is 5. The Labute approximate surface area is 186 Å². The third kappa shape index (κ3) is 5.79. The van der Waals surface area contributed by atoms with Crippen molar-refractivity contribution < 1.29 is 17.9 Å². The van der Waals surface area contributed by atoms with Crippen LogP contribution in [0, 0.1) is 0 Å². The second-order valence-corrected chi connectivity index (χ2v) is 11.1. The molecule has 172 valence electrons. The quantitative estimate of drug-likeness (QED) is 0.690. The minimum absolute atomic E-state index is 0.215. The molecule has 0 bridgehead atoms. The molecule has 1 saturated carbocycles. The van der Waals surface area contributed by atoms with E-state index in [1.807, 2.05) is 23.1 Å². The lowest BCUT2D eigenvalue weighted by atomic mass is 9.94. The van der Waals surface area contributed by atoms with Gasteiger partial charge in [-0.05, 0) is 30.9 Å². The normalized spacial score (nSPS) is 21.9. The van der Waals surface area contributed by atoms with Gasteiger partial charge in [0.1, 0.15) is 12.4 Å². The van der Waals surface area contributed by atoms with Crippen molar-refractivity contribution in [1.82, 2.24) is 14.1 Å². The number of fused-ring (bicyclic) bond motifs is 1. The van der Waals surface area contributed by atoms with Crippen LogP contribution in [-0.4, -0.2) is 80.1 Å². The number of piperazine rings is 1. The van der Waals surface area contributed by atoms with Gasteiger partial charge in [-0.2, -0.15) is 4.31 Å². The summed E-state index contributed by atoms with van der Waals surface area (Å²) in [5, 5.41) is 0. The standard InChI is InChI=1S/C23H35N3O4S/c1-31(28,29)26-15-16-30-22-9-7-19(17-20(22)18-26)8-10-23(27)25-13-11-24(12-14-25)21-5-3-2-4-6-21/h7,9,17,21H,2-6,8,10-16,18H2,1H3. The summed E-state index contributed by atoms with van der Waals surface area (Å²) in [5.74, 6) is 0.951. The molecule has 2 fully saturated rings. The van der Waals surface area contributed by atoms with Crippen LogP contribution in [0.4, 0.5) is 0 Å². The Kier molecular flexibility index (Phi) is 7.19. The van der Waals surface area contributed by atoms with E-state index in [0.29, 0.717) is 32.5 Å². The predicted octanol–water partition coefficient (Wildman–Crippen LogP) is 2.25. The molecule has 8 heteroatoms. The minimum atomic E-state index is -3.27. The molecule has 2 heterocycles. The minimum Gasteiger partial charge on any atom is -0.492 e. The molecule has 1 saturated heterocycles. The first-order chi connectivity index (χ1) is 14.9. The third-order valence-corrected chi connectivity index (χ3v) is 8.17. The van der Waals surface area contributed by atoms with Crippen LogP contribution in [0.3, 0.4) is 0 Å². The molecule has 1 aromatic rings. The molecule has 0 N–H and O–H groups in total. The van der Waals surface area contributed by atoms with E-state index in [-0.39, 0.29) is 5.91 Å². The van der Waals surface area contributed by atoms with Gasteiger partial charge in [0, 0.05) is 57.3 Å². The summed E-state index contributed by atoms with van der Waals surface area (Å²) in [6.45, 7) is 4.67. The van der Waals surface area contributed by atoms with Gasteiger partial charge in [0.2, 0.25) is 15.9 Å². The fourth-order valence-corrected chi connectivity index (χ4v) is 5.83. The summed E-state index contributed by atoms with van der Waals surface area (Å²) in [7, 11) is -3.27. The number of nitrogens with zero attached hydrogens (tertiary/aromatic N) is 3. The number of carbonyl (C=O) groups is 1. The molecule has 0 spiro atoms. The van der Waals surface area contributed by atoms with Crippen molar-refractivity contribution in [1.29, 1.82) is 0 Å². The number of hydrogen-bond donors (Lipinski definition) is 0. The predicted molar refractivity (Wildman–Crippen MR) is 121 cm³/mol. The van der Waals surface area contributed by atoms with Crippen LogP contribution in [-0.2, 0) is 27.8 Å². The Morgan fingerprint density at radius 1 is 1.06 bits per heavy atom. The maximum Gasteiger partial charge on any atom is 0.222 e. The van der Waals surface area contributed by atoms with E-state index in [2.05, 4.69) is 4.90 Å². The highest BCUT2D eigenvalue weighted by atomic mass is 32.2. The van der Waals surface area contributed by atoms with Gasteiger partial charge in [0.15, 0.2) is 0 Å². The topological polar surface area (TPSA) is 70.2 Å². The molecule has 3 aliphatic rings. The van der Waals surface area contributed by atoms with E-state index < -0.39 is 10.0 Å². The molecule has 1 aromatic carbocycles. The smallest absolute Gasteiger partial charge is 0.222 e. The van der Waals surface area contributed by atoms with Crippen molar-refractivity contribution in [3.63, 3.8) is 0 Å². The maximum atomic E-state index is 12.8. The molecule has 0 aromatic heterocycles. The molecular formula is C23H35N3O4S. The number of benzene rings is 1. The Bertz CT molecular complexity index is 875. The average Bonchev–Trinajstić information content (AvgIpc) is 3.00. The molecule has 4 rings (SSSR count). The number of rotatable bonds is 5. The van der Waals surface area contributed by atoms with Crippen molar-refractivity contribution in [3.05, 3.63) is 29.3 Å². The van der Waals surface area contributed by atoms with Crippen LogP contribution in [0.15, 0.2) is 18.2 Å². The monoisotopic (exact) mass is 449 g/mol. The SMILES string of the molecule is CS(=O)(=O)N1CCOc2ccc(CCC(=O)N3CCN(C4CCCCC4)CC3)cc2C1. The molecule has 31 heavy (non-hydrogen) atoms. The summed E-state index contributed by atoms with van der Waals surface area (Å²) in [4.78, 5) is 17.4. The molecule has 0 radical (unpaired) electrons. The number of aryl methyl sites for hydroxylation is 1. The van der Waals surface area contributed by atoms with Crippen LogP contribution >= 0.6 is 0 Å². The molecule has 0 atom stereocenters. The maximum absolute atomic E-state index is 12.8. The summed E-state index contributed by atoms with van der Waals surface area (Å²) in [5.41, 5.74) is 1.92. The summed E-state index contributed by atoms with van der Waals surface area (Å²) >= 11 is 0. The van der Waals surface area contributed by atoms with E-state index in [1.165, 1.54) is 42.7 Å². The first kappa shape index (κ1) is 22.6. The fraction of sp³-hybridized carbons (Fsp3) is 0.696. The Hall–Kier alpha value is -1.64. The summed E-state index contributed by atoms with van der Waals surface area (Å²) in [6.07, 6.45) is 9.06. The number of carbonyl (C=O) groups excluding carboxylic acids is 1. The van der Waals surface area contributed by atoms with Gasteiger partial charge < -0.3 is 9.64 Å². The highest BCUT2D eigenvalue weighted by Crippen LogP contribution is 2.26. The van der Waals surface area contributed by atoms with Gasteiger partial charge >= 0.3 is 0 Å². The largest absolute Gasteiger partial charge is 0.492 e. The van der Waals surface area contributed by atoms with E-state index >= 15 is 0 Å². The fourth-order valence-electron chi connectivity index (χ4n) is 5.05. The van der Waals surface area contributed by atoms with Crippen molar-refractivity contribution in [2.24, 2.45) is 0 Å². The second kappa shape index (κ2) is 9.88. The van der Waals surface area contributed by atoms with Crippen LogP contribution in [0.2, 0.25) is 0 Å². The third-order valence-electron chi connectivity index (χ3n) is 6.92. The molecule has 1 amide bonds. The lowest BCUT2D eigenvalue weighted by Crippen LogP contribution is -2.52. The summed E-state index contributed by atoms with van der Waals surface area (Å²) in [6, 6.07) is 6.61. The van der Waals surface area contributed by atoms with E-state index in [0.717, 1.165) is 49.1 Å². The van der Waals surface area contributed by atoms with Crippen LogP contribution in [0.25, 0.3) is 0 Å². The van der Waals surface area contributed by atoms with Gasteiger partial charge in [-0.3, -0.25) is 9.69 Å². The number of ether oxygens (including phenoxy) is 1. The highest BCUT2D eigenvalue weighted by Gasteiger charge is 2.27. The lowest BCUT2D eigenvalue weighted by molar-refractivity contribution is -0.133. The molecule has 2 aliphatic heterocycles. The van der Waals surface area contributed by atoms with Crippen LogP contribution in [0.1, 0.15) is 49.7 Å². The Balaban J connectivity index is 1.29. The Morgan fingerprint density at radius 2 is 1.81 bits per heavy atom. The molecule has 0 unspecified atom stereocenters. The van der Waals surface area contributed by atoms with E-state index in [9.17, 15) is 13.2 Å². The molecular weight excluding hydrogens is 414 g/mol. The second-order valence-electron chi connectivity index (χ2n) is 9.10. The van der Waals surface area contributed by atoms with Crippen LogP contribution < -0.4 is 4.74 Å². The summed E-state index contributed by atoms with van der Waals surface area (Å²) < 4.78 is 31.1. The zero-order chi connectivity index (χ0) is 21.8. The van der Waals surface area contributed by atoms with E-state index in [1.54, 1.807) is 0 Å². The van der Waals surface area contributed by atoms with Gasteiger partial charge in [0.05, 0.1) is 6.26 Å².